The van der Waals surface area contributed by atoms with Gasteiger partial charge < -0.3 is 5.32 Å². The third-order valence-corrected chi connectivity index (χ3v) is 2.40. The highest BCUT2D eigenvalue weighted by molar-refractivity contribution is 6.29. The first-order chi connectivity index (χ1) is 8.15. The van der Waals surface area contributed by atoms with Crippen molar-refractivity contribution in [2.45, 2.75) is 6.92 Å². The van der Waals surface area contributed by atoms with Crippen molar-refractivity contribution < 1.29 is 4.79 Å². The molecule has 0 bridgehead atoms. The second kappa shape index (κ2) is 4.93. The van der Waals surface area contributed by atoms with Gasteiger partial charge in [-0.15, -0.1) is 0 Å². The number of rotatable bonds is 2. The van der Waals surface area contributed by atoms with Gasteiger partial charge in [0, 0.05) is 11.6 Å². The van der Waals surface area contributed by atoms with Crippen LogP contribution in [0.2, 0.25) is 5.15 Å². The molecule has 0 saturated heterocycles. The Balaban J connectivity index is 2.14. The molecule has 0 spiro atoms. The van der Waals surface area contributed by atoms with Crippen LogP contribution in [0.25, 0.3) is 0 Å². The van der Waals surface area contributed by atoms with E-state index in [1.54, 1.807) is 12.1 Å². The number of benzene rings is 1. The first kappa shape index (κ1) is 11.5. The molecule has 2 aromatic rings. The molecule has 0 atom stereocenters. The highest BCUT2D eigenvalue weighted by atomic mass is 35.5. The second-order valence-electron chi connectivity index (χ2n) is 3.55. The summed E-state index contributed by atoms with van der Waals surface area (Å²) in [5.41, 5.74) is 1.68. The van der Waals surface area contributed by atoms with Crippen LogP contribution in [0.3, 0.4) is 0 Å². The van der Waals surface area contributed by atoms with Crippen LogP contribution in [0, 0.1) is 6.92 Å². The lowest BCUT2D eigenvalue weighted by atomic mass is 10.1. The predicted octanol–water partition coefficient (Wildman–Crippen LogP) is 2.69. The van der Waals surface area contributed by atoms with Crippen LogP contribution in [-0.2, 0) is 0 Å². The molecular formula is C12H10ClN3O. The summed E-state index contributed by atoms with van der Waals surface area (Å²) in [7, 11) is 0. The minimum atomic E-state index is -0.222. The van der Waals surface area contributed by atoms with E-state index in [0.29, 0.717) is 16.5 Å². The van der Waals surface area contributed by atoms with Crippen LogP contribution < -0.4 is 5.32 Å². The third-order valence-electron chi connectivity index (χ3n) is 2.19. The Hall–Kier alpha value is -1.94. The minimum Gasteiger partial charge on any atom is -0.306 e. The Morgan fingerprint density at radius 2 is 1.94 bits per heavy atom. The Morgan fingerprint density at radius 3 is 2.59 bits per heavy atom. The fourth-order valence-electron chi connectivity index (χ4n) is 1.30. The molecule has 1 N–H and O–H groups in total. The van der Waals surface area contributed by atoms with E-state index in [1.807, 2.05) is 19.1 Å². The number of hydrogen-bond acceptors (Lipinski definition) is 3. The Kier molecular flexibility index (Phi) is 3.35. The van der Waals surface area contributed by atoms with Crippen molar-refractivity contribution in [1.82, 2.24) is 9.97 Å². The molecule has 0 radical (unpaired) electrons. The zero-order chi connectivity index (χ0) is 12.3. The van der Waals surface area contributed by atoms with Gasteiger partial charge in [-0.25, -0.2) is 9.97 Å². The average molecular weight is 248 g/mol. The summed E-state index contributed by atoms with van der Waals surface area (Å²) in [5.74, 6) is 0.162. The van der Waals surface area contributed by atoms with E-state index < -0.39 is 0 Å². The van der Waals surface area contributed by atoms with Gasteiger partial charge in [0.1, 0.15) is 17.3 Å². The van der Waals surface area contributed by atoms with Crippen LogP contribution in [0.4, 0.5) is 5.82 Å². The number of amides is 1. The summed E-state index contributed by atoms with van der Waals surface area (Å²) in [6.07, 6.45) is 1.30. The lowest BCUT2D eigenvalue weighted by molar-refractivity contribution is 0.102. The summed E-state index contributed by atoms with van der Waals surface area (Å²) >= 11 is 5.69. The van der Waals surface area contributed by atoms with Crippen LogP contribution in [0.5, 0.6) is 0 Å². The summed E-state index contributed by atoms with van der Waals surface area (Å²) in [6.45, 7) is 1.96. The van der Waals surface area contributed by atoms with Gasteiger partial charge in [-0.3, -0.25) is 4.79 Å². The highest BCUT2D eigenvalue weighted by Crippen LogP contribution is 2.10. The minimum absolute atomic E-state index is 0.222. The molecule has 4 nitrogen and oxygen atoms in total. The van der Waals surface area contributed by atoms with Crippen molar-refractivity contribution >= 4 is 23.3 Å². The zero-order valence-electron chi connectivity index (χ0n) is 9.14. The molecule has 1 heterocycles. The number of anilines is 1. The molecule has 86 valence electrons. The highest BCUT2D eigenvalue weighted by Gasteiger charge is 2.06. The van der Waals surface area contributed by atoms with Crippen LogP contribution in [-0.4, -0.2) is 15.9 Å². The van der Waals surface area contributed by atoms with Crippen molar-refractivity contribution in [2.75, 3.05) is 5.32 Å². The molecule has 0 aliphatic rings. The van der Waals surface area contributed by atoms with Crippen LogP contribution in [0.1, 0.15) is 15.9 Å². The number of hydrogen-bond donors (Lipinski definition) is 1. The molecule has 0 fully saturated rings. The summed E-state index contributed by atoms with van der Waals surface area (Å²) in [4.78, 5) is 19.5. The molecule has 0 aliphatic carbocycles. The van der Waals surface area contributed by atoms with Gasteiger partial charge in [0.2, 0.25) is 0 Å². The van der Waals surface area contributed by atoms with Crippen molar-refractivity contribution in [3.63, 3.8) is 0 Å². The molecule has 1 aromatic carbocycles. The van der Waals surface area contributed by atoms with Crippen molar-refractivity contribution in [1.29, 1.82) is 0 Å². The molecule has 0 saturated carbocycles. The molecular weight excluding hydrogens is 238 g/mol. The van der Waals surface area contributed by atoms with E-state index in [9.17, 15) is 4.79 Å². The Morgan fingerprint density at radius 1 is 1.24 bits per heavy atom. The molecule has 5 heteroatoms. The quantitative estimate of drug-likeness (QED) is 0.830. The number of aryl methyl sites for hydroxylation is 1. The second-order valence-corrected chi connectivity index (χ2v) is 3.93. The zero-order valence-corrected chi connectivity index (χ0v) is 9.90. The number of carbonyl (C=O) groups is 1. The van der Waals surface area contributed by atoms with Gasteiger partial charge in [0.05, 0.1) is 0 Å². The molecule has 0 unspecified atom stereocenters. The molecule has 17 heavy (non-hydrogen) atoms. The number of halogens is 1. The molecule has 1 amide bonds. The van der Waals surface area contributed by atoms with Gasteiger partial charge in [0.15, 0.2) is 0 Å². The summed E-state index contributed by atoms with van der Waals surface area (Å²) in [5, 5.41) is 2.93. The fraction of sp³-hybridized carbons (Fsp3) is 0.0833. The maximum Gasteiger partial charge on any atom is 0.256 e. The SMILES string of the molecule is Cc1ccc(C(=O)Nc2cc(Cl)ncn2)cc1. The van der Waals surface area contributed by atoms with Gasteiger partial charge in [-0.2, -0.15) is 0 Å². The lowest BCUT2D eigenvalue weighted by Crippen LogP contribution is -2.12. The van der Waals surface area contributed by atoms with Gasteiger partial charge in [0.25, 0.3) is 5.91 Å². The maximum absolute atomic E-state index is 11.8. The number of aromatic nitrogens is 2. The predicted molar refractivity (Wildman–Crippen MR) is 66.2 cm³/mol. The largest absolute Gasteiger partial charge is 0.306 e. The maximum atomic E-state index is 11.8. The molecule has 2 rings (SSSR count). The van der Waals surface area contributed by atoms with Crippen molar-refractivity contribution in [3.8, 4) is 0 Å². The van der Waals surface area contributed by atoms with E-state index in [2.05, 4.69) is 15.3 Å². The fourth-order valence-corrected chi connectivity index (χ4v) is 1.44. The number of carbonyl (C=O) groups excluding carboxylic acids is 1. The van der Waals surface area contributed by atoms with E-state index in [4.69, 9.17) is 11.6 Å². The van der Waals surface area contributed by atoms with Crippen LogP contribution >= 0.6 is 11.6 Å². The first-order valence-corrected chi connectivity index (χ1v) is 5.38. The number of nitrogens with one attached hydrogen (secondary N) is 1. The van der Waals surface area contributed by atoms with E-state index >= 15 is 0 Å². The third kappa shape index (κ3) is 3.01. The Labute approximate surface area is 104 Å². The van der Waals surface area contributed by atoms with Crippen molar-refractivity contribution in [2.24, 2.45) is 0 Å². The summed E-state index contributed by atoms with van der Waals surface area (Å²) < 4.78 is 0. The topological polar surface area (TPSA) is 54.9 Å². The van der Waals surface area contributed by atoms with Gasteiger partial charge >= 0.3 is 0 Å². The normalized spacial score (nSPS) is 10.0. The van der Waals surface area contributed by atoms with E-state index in [-0.39, 0.29) is 5.91 Å². The number of nitrogens with zero attached hydrogens (tertiary/aromatic N) is 2. The summed E-state index contributed by atoms with van der Waals surface area (Å²) in [6, 6.07) is 8.76. The van der Waals surface area contributed by atoms with Crippen molar-refractivity contribution in [3.05, 3.63) is 52.9 Å². The standard InChI is InChI=1S/C12H10ClN3O/c1-8-2-4-9(5-3-8)12(17)16-11-6-10(13)14-7-15-11/h2-7H,1H3,(H,14,15,16,17). The van der Waals surface area contributed by atoms with Gasteiger partial charge in [-0.05, 0) is 19.1 Å². The van der Waals surface area contributed by atoms with Crippen LogP contribution in [0.15, 0.2) is 36.7 Å². The van der Waals surface area contributed by atoms with E-state index in [1.165, 1.54) is 12.4 Å². The first-order valence-electron chi connectivity index (χ1n) is 5.01. The van der Waals surface area contributed by atoms with Gasteiger partial charge in [-0.1, -0.05) is 29.3 Å². The average Bonchev–Trinajstić information content (AvgIpc) is 2.29. The molecule has 0 aliphatic heterocycles. The Bertz CT molecular complexity index is 540. The van der Waals surface area contributed by atoms with E-state index in [0.717, 1.165) is 5.56 Å². The smallest absolute Gasteiger partial charge is 0.256 e. The lowest BCUT2D eigenvalue weighted by Gasteiger charge is -2.04. The monoisotopic (exact) mass is 247 g/mol. The molecule has 1 aromatic heterocycles.